The number of amides is 1. The van der Waals surface area contributed by atoms with E-state index in [1.54, 1.807) is 18.4 Å². The highest BCUT2D eigenvalue weighted by Gasteiger charge is 2.10. The van der Waals surface area contributed by atoms with Crippen molar-refractivity contribution in [2.75, 3.05) is 20.2 Å². The van der Waals surface area contributed by atoms with E-state index in [-0.39, 0.29) is 5.91 Å². The van der Waals surface area contributed by atoms with Crippen LogP contribution >= 0.6 is 22.9 Å². The minimum absolute atomic E-state index is 0.0188. The van der Waals surface area contributed by atoms with Crippen LogP contribution in [-0.2, 0) is 17.9 Å². The first-order chi connectivity index (χ1) is 11.1. The van der Waals surface area contributed by atoms with Gasteiger partial charge in [0.15, 0.2) is 0 Å². The average Bonchev–Trinajstić information content (AvgIpc) is 2.97. The van der Waals surface area contributed by atoms with E-state index in [0.717, 1.165) is 28.7 Å². The smallest absolute Gasteiger partial charge is 0.234 e. The van der Waals surface area contributed by atoms with Crippen LogP contribution in [-0.4, -0.2) is 31.0 Å². The van der Waals surface area contributed by atoms with Gasteiger partial charge >= 0.3 is 0 Å². The zero-order valence-corrected chi connectivity index (χ0v) is 14.9. The number of hydrogen-bond acceptors (Lipinski definition) is 4. The number of halogens is 1. The van der Waals surface area contributed by atoms with Crippen molar-refractivity contribution in [2.45, 2.75) is 20.0 Å². The Morgan fingerprint density at radius 1 is 1.26 bits per heavy atom. The largest absolute Gasteiger partial charge is 0.497 e. The second kappa shape index (κ2) is 8.91. The highest BCUT2D eigenvalue weighted by Crippen LogP contribution is 2.22. The molecule has 23 heavy (non-hydrogen) atoms. The number of nitrogens with zero attached hydrogens (tertiary/aromatic N) is 1. The van der Waals surface area contributed by atoms with Crippen LogP contribution in [0.3, 0.4) is 0 Å². The molecule has 1 aromatic heterocycles. The summed E-state index contributed by atoms with van der Waals surface area (Å²) in [5.74, 6) is 0.831. The first kappa shape index (κ1) is 17.8. The molecule has 0 saturated carbocycles. The third-order valence-electron chi connectivity index (χ3n) is 3.47. The summed E-state index contributed by atoms with van der Waals surface area (Å²) in [5.41, 5.74) is 1.05. The Hall–Kier alpha value is -1.56. The van der Waals surface area contributed by atoms with Crippen molar-refractivity contribution >= 4 is 28.8 Å². The van der Waals surface area contributed by atoms with Crippen LogP contribution in [0.4, 0.5) is 0 Å². The number of benzene rings is 1. The van der Waals surface area contributed by atoms with Gasteiger partial charge in [0.05, 0.1) is 18.0 Å². The maximum Gasteiger partial charge on any atom is 0.234 e. The number of hydrogen-bond donors (Lipinski definition) is 1. The Morgan fingerprint density at radius 2 is 2.00 bits per heavy atom. The van der Waals surface area contributed by atoms with Gasteiger partial charge in [0.25, 0.3) is 0 Å². The molecule has 0 fully saturated rings. The van der Waals surface area contributed by atoms with Crippen LogP contribution in [0.5, 0.6) is 5.75 Å². The lowest BCUT2D eigenvalue weighted by Crippen LogP contribution is -2.36. The molecule has 0 aliphatic rings. The SMILES string of the molecule is CCN(CC(=O)NCc1ccc(OC)cc1)Cc1ccc(Cl)s1. The third-order valence-corrected chi connectivity index (χ3v) is 4.69. The van der Waals surface area contributed by atoms with Crippen molar-refractivity contribution < 1.29 is 9.53 Å². The summed E-state index contributed by atoms with van der Waals surface area (Å²) in [4.78, 5) is 15.4. The maximum atomic E-state index is 12.1. The number of carbonyl (C=O) groups is 1. The summed E-state index contributed by atoms with van der Waals surface area (Å²) in [5, 5.41) is 2.95. The van der Waals surface area contributed by atoms with Crippen molar-refractivity contribution in [3.8, 4) is 5.75 Å². The Bertz CT molecular complexity index is 628. The molecule has 1 amide bonds. The molecule has 0 atom stereocenters. The molecule has 1 N–H and O–H groups in total. The van der Waals surface area contributed by atoms with E-state index in [0.29, 0.717) is 13.1 Å². The molecule has 1 heterocycles. The minimum atomic E-state index is 0.0188. The molecule has 0 aliphatic carbocycles. The number of methoxy groups -OCH3 is 1. The summed E-state index contributed by atoms with van der Waals surface area (Å²) in [6.45, 7) is 4.49. The highest BCUT2D eigenvalue weighted by atomic mass is 35.5. The average molecular weight is 353 g/mol. The van der Waals surface area contributed by atoms with Crippen molar-refractivity contribution in [3.63, 3.8) is 0 Å². The summed E-state index contributed by atoms with van der Waals surface area (Å²) in [7, 11) is 1.64. The van der Waals surface area contributed by atoms with E-state index < -0.39 is 0 Å². The predicted molar refractivity (Wildman–Crippen MR) is 95.1 cm³/mol. The Morgan fingerprint density at radius 3 is 2.57 bits per heavy atom. The zero-order chi connectivity index (χ0) is 16.7. The first-order valence-corrected chi connectivity index (χ1v) is 8.66. The van der Waals surface area contributed by atoms with Crippen LogP contribution in [0.25, 0.3) is 0 Å². The molecule has 2 aromatic rings. The summed E-state index contributed by atoms with van der Waals surface area (Å²) < 4.78 is 5.90. The molecule has 0 bridgehead atoms. The maximum absolute atomic E-state index is 12.1. The van der Waals surface area contributed by atoms with Gasteiger partial charge in [-0.2, -0.15) is 0 Å². The second-order valence-corrected chi connectivity index (χ2v) is 6.93. The van der Waals surface area contributed by atoms with Gasteiger partial charge in [-0.25, -0.2) is 0 Å². The molecule has 2 rings (SSSR count). The molecular weight excluding hydrogens is 332 g/mol. The van der Waals surface area contributed by atoms with Gasteiger partial charge in [0.1, 0.15) is 5.75 Å². The number of nitrogens with one attached hydrogen (secondary N) is 1. The number of likely N-dealkylation sites (N-methyl/N-ethyl adjacent to an activating group) is 1. The van der Waals surface area contributed by atoms with Crippen LogP contribution in [0.15, 0.2) is 36.4 Å². The fourth-order valence-electron chi connectivity index (χ4n) is 2.14. The fraction of sp³-hybridized carbons (Fsp3) is 0.353. The Labute approximate surface area is 146 Å². The van der Waals surface area contributed by atoms with E-state index in [4.69, 9.17) is 16.3 Å². The number of ether oxygens (including phenoxy) is 1. The molecule has 0 unspecified atom stereocenters. The highest BCUT2D eigenvalue weighted by molar-refractivity contribution is 7.16. The quantitative estimate of drug-likeness (QED) is 0.790. The van der Waals surface area contributed by atoms with Crippen LogP contribution in [0.2, 0.25) is 4.34 Å². The molecule has 124 valence electrons. The molecule has 0 radical (unpaired) electrons. The van der Waals surface area contributed by atoms with Crippen LogP contribution in [0, 0.1) is 0 Å². The Kier molecular flexibility index (Phi) is 6.89. The standard InChI is InChI=1S/C17H21ClN2O2S/c1-3-20(11-15-8-9-16(18)23-15)12-17(21)19-10-13-4-6-14(22-2)7-5-13/h4-9H,3,10-12H2,1-2H3,(H,19,21). The monoisotopic (exact) mass is 352 g/mol. The molecular formula is C17H21ClN2O2S. The van der Waals surface area contributed by atoms with Crippen molar-refractivity contribution in [1.29, 1.82) is 0 Å². The van der Waals surface area contributed by atoms with E-state index in [2.05, 4.69) is 10.2 Å². The molecule has 0 aliphatic heterocycles. The lowest BCUT2D eigenvalue weighted by Gasteiger charge is -2.19. The van der Waals surface area contributed by atoms with Gasteiger partial charge in [-0.3, -0.25) is 9.69 Å². The lowest BCUT2D eigenvalue weighted by atomic mass is 10.2. The van der Waals surface area contributed by atoms with E-state index >= 15 is 0 Å². The molecule has 1 aromatic carbocycles. The van der Waals surface area contributed by atoms with E-state index in [9.17, 15) is 4.79 Å². The molecule has 0 spiro atoms. The summed E-state index contributed by atoms with van der Waals surface area (Å²) >= 11 is 7.50. The summed E-state index contributed by atoms with van der Waals surface area (Å²) in [6, 6.07) is 11.6. The topological polar surface area (TPSA) is 41.6 Å². The fourth-order valence-corrected chi connectivity index (χ4v) is 3.27. The van der Waals surface area contributed by atoms with Gasteiger partial charge in [-0.1, -0.05) is 30.7 Å². The van der Waals surface area contributed by atoms with Gasteiger partial charge < -0.3 is 10.1 Å². The summed E-state index contributed by atoms with van der Waals surface area (Å²) in [6.07, 6.45) is 0. The first-order valence-electron chi connectivity index (χ1n) is 7.47. The molecule has 4 nitrogen and oxygen atoms in total. The van der Waals surface area contributed by atoms with Crippen molar-refractivity contribution in [3.05, 3.63) is 51.2 Å². The van der Waals surface area contributed by atoms with E-state index in [1.807, 2.05) is 43.3 Å². The van der Waals surface area contributed by atoms with Crippen molar-refractivity contribution in [2.24, 2.45) is 0 Å². The minimum Gasteiger partial charge on any atom is -0.497 e. The van der Waals surface area contributed by atoms with Crippen LogP contribution in [0.1, 0.15) is 17.4 Å². The Balaban J connectivity index is 1.79. The van der Waals surface area contributed by atoms with Gasteiger partial charge in [-0.15, -0.1) is 11.3 Å². The van der Waals surface area contributed by atoms with E-state index in [1.165, 1.54) is 4.88 Å². The number of carbonyl (C=O) groups excluding carboxylic acids is 1. The van der Waals surface area contributed by atoms with Crippen LogP contribution < -0.4 is 10.1 Å². The molecule has 0 saturated heterocycles. The number of rotatable bonds is 8. The van der Waals surface area contributed by atoms with Crippen molar-refractivity contribution in [1.82, 2.24) is 10.2 Å². The zero-order valence-electron chi connectivity index (χ0n) is 13.3. The predicted octanol–water partition coefficient (Wildman–Crippen LogP) is 3.55. The normalized spacial score (nSPS) is 10.8. The number of thiophene rings is 1. The van der Waals surface area contributed by atoms with Gasteiger partial charge in [0.2, 0.25) is 5.91 Å². The molecule has 6 heteroatoms. The lowest BCUT2D eigenvalue weighted by molar-refractivity contribution is -0.122. The van der Waals surface area contributed by atoms with Gasteiger partial charge in [0, 0.05) is 18.0 Å². The van der Waals surface area contributed by atoms with Gasteiger partial charge in [-0.05, 0) is 36.4 Å². The second-order valence-electron chi connectivity index (χ2n) is 5.13. The third kappa shape index (κ3) is 5.86.